The average Bonchev–Trinajstić information content (AvgIpc) is 2.40. The third kappa shape index (κ3) is 4.03. The molecular weight excluding hydrogens is 311 g/mol. The molecule has 0 bridgehead atoms. The zero-order valence-electron chi connectivity index (χ0n) is 11.3. The normalized spacial score (nSPS) is 10.2. The minimum atomic E-state index is -0.303. The van der Waals surface area contributed by atoms with E-state index in [0.29, 0.717) is 39.3 Å². The molecule has 3 N–H and O–H groups in total. The van der Waals surface area contributed by atoms with Gasteiger partial charge in [0.15, 0.2) is 0 Å². The second-order valence-electron chi connectivity index (χ2n) is 4.30. The third-order valence-corrected chi connectivity index (χ3v) is 3.13. The van der Waals surface area contributed by atoms with Crippen LogP contribution in [0.3, 0.4) is 0 Å². The molecule has 0 spiro atoms. The van der Waals surface area contributed by atoms with Crippen LogP contribution in [0.5, 0.6) is 5.75 Å². The van der Waals surface area contributed by atoms with Crippen LogP contribution in [0.15, 0.2) is 36.4 Å². The van der Waals surface area contributed by atoms with Gasteiger partial charge in [-0.15, -0.1) is 0 Å². The molecule has 0 aliphatic rings. The van der Waals surface area contributed by atoms with Crippen molar-refractivity contribution in [2.45, 2.75) is 6.92 Å². The van der Waals surface area contributed by atoms with Gasteiger partial charge in [0.25, 0.3) is 5.91 Å². The molecule has 21 heavy (non-hydrogen) atoms. The van der Waals surface area contributed by atoms with Gasteiger partial charge in [0, 0.05) is 21.3 Å². The Morgan fingerprint density at radius 3 is 2.43 bits per heavy atom. The molecule has 0 unspecified atom stereocenters. The van der Waals surface area contributed by atoms with E-state index in [1.165, 1.54) is 0 Å². The SMILES string of the molecule is CCOc1ccc(C(=O)Nc2cc(Cl)cc(Cl)c2)cc1N. The van der Waals surface area contributed by atoms with E-state index in [0.717, 1.165) is 0 Å². The molecule has 6 heteroatoms. The van der Waals surface area contributed by atoms with Crippen LogP contribution in [0.2, 0.25) is 10.0 Å². The van der Waals surface area contributed by atoms with Crippen LogP contribution in [-0.4, -0.2) is 12.5 Å². The Balaban J connectivity index is 2.18. The quantitative estimate of drug-likeness (QED) is 0.827. The first kappa shape index (κ1) is 15.5. The van der Waals surface area contributed by atoms with E-state index in [2.05, 4.69) is 5.32 Å². The summed E-state index contributed by atoms with van der Waals surface area (Å²) in [5, 5.41) is 3.61. The molecule has 4 nitrogen and oxygen atoms in total. The number of hydrogen-bond donors (Lipinski definition) is 2. The molecule has 2 aromatic carbocycles. The fourth-order valence-corrected chi connectivity index (χ4v) is 2.33. The Kier molecular flexibility index (Phi) is 4.94. The molecule has 0 radical (unpaired) electrons. The van der Waals surface area contributed by atoms with E-state index in [4.69, 9.17) is 33.7 Å². The molecule has 0 heterocycles. The number of anilines is 2. The smallest absolute Gasteiger partial charge is 0.255 e. The van der Waals surface area contributed by atoms with E-state index in [1.807, 2.05) is 6.92 Å². The number of amides is 1. The van der Waals surface area contributed by atoms with E-state index < -0.39 is 0 Å². The molecule has 110 valence electrons. The Morgan fingerprint density at radius 1 is 1.19 bits per heavy atom. The van der Waals surface area contributed by atoms with Crippen molar-refractivity contribution in [1.82, 2.24) is 0 Å². The van der Waals surface area contributed by atoms with Crippen molar-refractivity contribution >= 4 is 40.5 Å². The highest BCUT2D eigenvalue weighted by Gasteiger charge is 2.10. The van der Waals surface area contributed by atoms with Gasteiger partial charge < -0.3 is 15.8 Å². The molecule has 0 aromatic heterocycles. The van der Waals surface area contributed by atoms with Gasteiger partial charge in [-0.2, -0.15) is 0 Å². The number of benzene rings is 2. The first-order valence-electron chi connectivity index (χ1n) is 6.29. The fraction of sp³-hybridized carbons (Fsp3) is 0.133. The minimum absolute atomic E-state index is 0.303. The lowest BCUT2D eigenvalue weighted by atomic mass is 10.1. The zero-order valence-corrected chi connectivity index (χ0v) is 12.8. The van der Waals surface area contributed by atoms with E-state index in [-0.39, 0.29) is 5.91 Å². The summed E-state index contributed by atoms with van der Waals surface area (Å²) in [7, 11) is 0. The van der Waals surface area contributed by atoms with Crippen LogP contribution >= 0.6 is 23.2 Å². The number of halogens is 2. The Labute approximate surface area is 132 Å². The minimum Gasteiger partial charge on any atom is -0.492 e. The van der Waals surface area contributed by atoms with Crippen molar-refractivity contribution in [2.24, 2.45) is 0 Å². The lowest BCUT2D eigenvalue weighted by Gasteiger charge is -2.10. The molecule has 2 rings (SSSR count). The summed E-state index contributed by atoms with van der Waals surface area (Å²) in [5.41, 5.74) is 7.19. The van der Waals surface area contributed by atoms with Gasteiger partial charge in [-0.05, 0) is 43.3 Å². The molecular formula is C15H14Cl2N2O2. The van der Waals surface area contributed by atoms with Gasteiger partial charge in [-0.25, -0.2) is 0 Å². The molecule has 0 saturated carbocycles. The largest absolute Gasteiger partial charge is 0.492 e. The topological polar surface area (TPSA) is 64.3 Å². The monoisotopic (exact) mass is 324 g/mol. The zero-order chi connectivity index (χ0) is 15.4. The second kappa shape index (κ2) is 6.70. The molecule has 0 aliphatic carbocycles. The van der Waals surface area contributed by atoms with E-state index in [1.54, 1.807) is 36.4 Å². The Bertz CT molecular complexity index is 654. The third-order valence-electron chi connectivity index (χ3n) is 2.69. The predicted octanol–water partition coefficient (Wildman–Crippen LogP) is 4.23. The van der Waals surface area contributed by atoms with E-state index >= 15 is 0 Å². The van der Waals surface area contributed by atoms with Crippen LogP contribution < -0.4 is 15.8 Å². The first-order valence-corrected chi connectivity index (χ1v) is 7.05. The highest BCUT2D eigenvalue weighted by atomic mass is 35.5. The second-order valence-corrected chi connectivity index (χ2v) is 5.17. The fourth-order valence-electron chi connectivity index (χ4n) is 1.81. The van der Waals surface area contributed by atoms with Crippen LogP contribution in [0.4, 0.5) is 11.4 Å². The van der Waals surface area contributed by atoms with Gasteiger partial charge in [0.05, 0.1) is 12.3 Å². The van der Waals surface area contributed by atoms with Gasteiger partial charge in [0.2, 0.25) is 0 Å². The van der Waals surface area contributed by atoms with Gasteiger partial charge in [0.1, 0.15) is 5.75 Å². The van der Waals surface area contributed by atoms with Crippen molar-refractivity contribution in [2.75, 3.05) is 17.7 Å². The molecule has 0 fully saturated rings. The number of nitrogen functional groups attached to an aromatic ring is 1. The van der Waals surface area contributed by atoms with Crippen molar-refractivity contribution in [3.8, 4) is 5.75 Å². The maximum absolute atomic E-state index is 12.2. The van der Waals surface area contributed by atoms with Crippen LogP contribution in [0, 0.1) is 0 Å². The number of nitrogens with two attached hydrogens (primary N) is 1. The maximum atomic E-state index is 12.2. The summed E-state index contributed by atoms with van der Waals surface area (Å²) < 4.78 is 5.33. The molecule has 1 amide bonds. The summed E-state index contributed by atoms with van der Waals surface area (Å²) >= 11 is 11.8. The van der Waals surface area contributed by atoms with Crippen molar-refractivity contribution < 1.29 is 9.53 Å². The molecule has 0 atom stereocenters. The summed E-state index contributed by atoms with van der Waals surface area (Å²) in [6.45, 7) is 2.37. The van der Waals surface area contributed by atoms with Gasteiger partial charge in [-0.1, -0.05) is 23.2 Å². The summed E-state index contributed by atoms with van der Waals surface area (Å²) in [6.07, 6.45) is 0. The maximum Gasteiger partial charge on any atom is 0.255 e. The lowest BCUT2D eigenvalue weighted by Crippen LogP contribution is -2.12. The van der Waals surface area contributed by atoms with Gasteiger partial charge >= 0.3 is 0 Å². The summed E-state index contributed by atoms with van der Waals surface area (Å²) in [6, 6.07) is 9.69. The number of carbonyl (C=O) groups is 1. The Morgan fingerprint density at radius 2 is 1.86 bits per heavy atom. The number of hydrogen-bond acceptors (Lipinski definition) is 3. The number of ether oxygens (including phenoxy) is 1. The lowest BCUT2D eigenvalue weighted by molar-refractivity contribution is 0.102. The van der Waals surface area contributed by atoms with Crippen molar-refractivity contribution in [3.63, 3.8) is 0 Å². The highest BCUT2D eigenvalue weighted by Crippen LogP contribution is 2.25. The summed E-state index contributed by atoms with van der Waals surface area (Å²) in [5.74, 6) is 0.253. The molecule has 2 aromatic rings. The number of carbonyl (C=O) groups excluding carboxylic acids is 1. The highest BCUT2D eigenvalue weighted by molar-refractivity contribution is 6.35. The van der Waals surface area contributed by atoms with Crippen molar-refractivity contribution in [3.05, 3.63) is 52.0 Å². The van der Waals surface area contributed by atoms with E-state index in [9.17, 15) is 4.79 Å². The molecule has 0 aliphatic heterocycles. The van der Waals surface area contributed by atoms with Gasteiger partial charge in [-0.3, -0.25) is 4.79 Å². The average molecular weight is 325 g/mol. The predicted molar refractivity (Wildman–Crippen MR) is 86.4 cm³/mol. The van der Waals surface area contributed by atoms with Crippen LogP contribution in [-0.2, 0) is 0 Å². The number of nitrogens with one attached hydrogen (secondary N) is 1. The van der Waals surface area contributed by atoms with Crippen molar-refractivity contribution in [1.29, 1.82) is 0 Å². The number of rotatable bonds is 4. The summed E-state index contributed by atoms with van der Waals surface area (Å²) in [4.78, 5) is 12.2. The van der Waals surface area contributed by atoms with Crippen LogP contribution in [0.25, 0.3) is 0 Å². The Hall–Kier alpha value is -1.91. The molecule has 0 saturated heterocycles. The standard InChI is InChI=1S/C15H14Cl2N2O2/c1-2-21-14-4-3-9(5-13(14)18)15(20)19-12-7-10(16)6-11(17)8-12/h3-8H,2,18H2,1H3,(H,19,20). The first-order chi connectivity index (χ1) is 9.99. The van der Waals surface area contributed by atoms with Crippen LogP contribution in [0.1, 0.15) is 17.3 Å².